The Kier molecular flexibility index (Phi) is 5.00. The summed E-state index contributed by atoms with van der Waals surface area (Å²) in [6.07, 6.45) is 1.29. The summed E-state index contributed by atoms with van der Waals surface area (Å²) in [6.45, 7) is 9.94. The van der Waals surface area contributed by atoms with Gasteiger partial charge in [0.15, 0.2) is 5.78 Å². The van der Waals surface area contributed by atoms with Crippen LogP contribution >= 0.6 is 34.0 Å². The molecule has 3 rings (SSSR count). The fourth-order valence-electron chi connectivity index (χ4n) is 2.94. The molecule has 5 heteroatoms. The zero-order valence-electron chi connectivity index (χ0n) is 14.9. The molecule has 0 amide bonds. The number of hydrogen-bond donors (Lipinski definition) is 1. The van der Waals surface area contributed by atoms with Crippen molar-refractivity contribution in [3.63, 3.8) is 0 Å². The zero-order valence-corrected chi connectivity index (χ0v) is 17.3. The highest BCUT2D eigenvalue weighted by Gasteiger charge is 2.20. The molecular weight excluding hydrogens is 368 g/mol. The standard InChI is InChI=1S/C20H20O2S3/c1-10(21)6-18(22)19-9-17(15-7-11(2)23-13(15)4)20(25-19)16-8-12(3)24-14(16)5/h6-9,22H,1-5H3/b18-6-. The van der Waals surface area contributed by atoms with Crippen LogP contribution in [-0.2, 0) is 4.79 Å². The molecule has 0 saturated heterocycles. The Morgan fingerprint density at radius 1 is 0.880 bits per heavy atom. The van der Waals surface area contributed by atoms with Crippen molar-refractivity contribution in [2.24, 2.45) is 0 Å². The molecule has 3 aromatic rings. The van der Waals surface area contributed by atoms with Crippen LogP contribution in [0.2, 0.25) is 0 Å². The summed E-state index contributed by atoms with van der Waals surface area (Å²) >= 11 is 5.11. The van der Waals surface area contributed by atoms with Crippen molar-refractivity contribution in [1.29, 1.82) is 0 Å². The van der Waals surface area contributed by atoms with Crippen molar-refractivity contribution in [1.82, 2.24) is 0 Å². The lowest BCUT2D eigenvalue weighted by Gasteiger charge is -2.03. The summed E-state index contributed by atoms with van der Waals surface area (Å²) in [5.74, 6) is -0.113. The van der Waals surface area contributed by atoms with Gasteiger partial charge >= 0.3 is 0 Å². The molecule has 0 aliphatic heterocycles. The molecule has 0 radical (unpaired) electrons. The van der Waals surface area contributed by atoms with Crippen LogP contribution in [0.4, 0.5) is 0 Å². The van der Waals surface area contributed by atoms with E-state index in [-0.39, 0.29) is 11.5 Å². The fourth-order valence-corrected chi connectivity index (χ4v) is 6.03. The second-order valence-electron chi connectivity index (χ2n) is 6.15. The third kappa shape index (κ3) is 3.64. The van der Waals surface area contributed by atoms with E-state index >= 15 is 0 Å². The van der Waals surface area contributed by atoms with Crippen molar-refractivity contribution >= 4 is 45.6 Å². The maximum atomic E-state index is 11.3. The Balaban J connectivity index is 2.25. The van der Waals surface area contributed by atoms with Gasteiger partial charge in [0, 0.05) is 41.6 Å². The number of ketones is 1. The number of aryl methyl sites for hydroxylation is 4. The van der Waals surface area contributed by atoms with Crippen molar-refractivity contribution in [2.45, 2.75) is 34.6 Å². The SMILES string of the molecule is CC(=O)/C=C(\O)c1cc(-c2cc(C)sc2C)c(-c2cc(C)sc2C)s1. The van der Waals surface area contributed by atoms with Crippen LogP contribution in [0.1, 0.15) is 31.3 Å². The van der Waals surface area contributed by atoms with Crippen LogP contribution < -0.4 is 0 Å². The molecule has 0 saturated carbocycles. The summed E-state index contributed by atoms with van der Waals surface area (Å²) in [5.41, 5.74) is 3.55. The summed E-state index contributed by atoms with van der Waals surface area (Å²) in [5, 5.41) is 10.3. The van der Waals surface area contributed by atoms with E-state index in [0.717, 1.165) is 15.3 Å². The summed E-state index contributed by atoms with van der Waals surface area (Å²) in [6, 6.07) is 6.42. The van der Waals surface area contributed by atoms with Crippen LogP contribution in [0.15, 0.2) is 24.3 Å². The summed E-state index contributed by atoms with van der Waals surface area (Å²) < 4.78 is 0. The minimum atomic E-state index is -0.154. The van der Waals surface area contributed by atoms with E-state index in [2.05, 4.69) is 39.8 Å². The molecule has 3 aromatic heterocycles. The lowest BCUT2D eigenvalue weighted by molar-refractivity contribution is -0.112. The molecular formula is C20H20O2S3. The van der Waals surface area contributed by atoms with Gasteiger partial charge in [0.1, 0.15) is 5.76 Å². The van der Waals surface area contributed by atoms with Gasteiger partial charge in [-0.3, -0.25) is 4.79 Å². The van der Waals surface area contributed by atoms with E-state index in [4.69, 9.17) is 0 Å². The van der Waals surface area contributed by atoms with E-state index < -0.39 is 0 Å². The van der Waals surface area contributed by atoms with E-state index in [1.54, 1.807) is 34.0 Å². The van der Waals surface area contributed by atoms with Crippen LogP contribution in [-0.4, -0.2) is 10.9 Å². The first kappa shape index (κ1) is 18.1. The van der Waals surface area contributed by atoms with Crippen LogP contribution in [0.5, 0.6) is 0 Å². The Morgan fingerprint density at radius 2 is 1.44 bits per heavy atom. The number of rotatable bonds is 4. The van der Waals surface area contributed by atoms with Crippen molar-refractivity contribution in [2.75, 3.05) is 0 Å². The number of aliphatic hydroxyl groups excluding tert-OH is 1. The van der Waals surface area contributed by atoms with Gasteiger partial charge in [0.05, 0.1) is 4.88 Å². The highest BCUT2D eigenvalue weighted by Crippen LogP contribution is 2.46. The molecule has 0 atom stereocenters. The second-order valence-corrected chi connectivity index (χ2v) is 10.1. The van der Waals surface area contributed by atoms with Gasteiger partial charge in [-0.25, -0.2) is 0 Å². The minimum absolute atomic E-state index is 0.0409. The predicted octanol–water partition coefficient (Wildman–Crippen LogP) is 6.93. The van der Waals surface area contributed by atoms with Crippen molar-refractivity contribution in [3.05, 3.63) is 48.7 Å². The van der Waals surface area contributed by atoms with Gasteiger partial charge in [-0.05, 0) is 58.4 Å². The van der Waals surface area contributed by atoms with Gasteiger partial charge in [0.25, 0.3) is 0 Å². The summed E-state index contributed by atoms with van der Waals surface area (Å²) in [4.78, 5) is 18.3. The molecule has 0 unspecified atom stereocenters. The molecule has 2 nitrogen and oxygen atoms in total. The maximum Gasteiger partial charge on any atom is 0.156 e. The number of allylic oxidation sites excluding steroid dienone is 1. The molecule has 1 N–H and O–H groups in total. The first-order chi connectivity index (χ1) is 11.8. The van der Waals surface area contributed by atoms with Gasteiger partial charge in [-0.15, -0.1) is 34.0 Å². The molecule has 3 heterocycles. The molecule has 0 aliphatic carbocycles. The Morgan fingerprint density at radius 3 is 1.92 bits per heavy atom. The lowest BCUT2D eigenvalue weighted by atomic mass is 10.0. The molecule has 0 aromatic carbocycles. The topological polar surface area (TPSA) is 37.3 Å². The van der Waals surface area contributed by atoms with Crippen molar-refractivity contribution in [3.8, 4) is 21.6 Å². The number of aliphatic hydroxyl groups is 1. The van der Waals surface area contributed by atoms with Gasteiger partial charge in [-0.2, -0.15) is 0 Å². The number of hydrogen-bond acceptors (Lipinski definition) is 5. The predicted molar refractivity (Wildman–Crippen MR) is 111 cm³/mol. The molecule has 130 valence electrons. The maximum absolute atomic E-state index is 11.3. The van der Waals surface area contributed by atoms with Gasteiger partial charge in [-0.1, -0.05) is 0 Å². The van der Waals surface area contributed by atoms with Crippen LogP contribution in [0, 0.1) is 27.7 Å². The minimum Gasteiger partial charge on any atom is -0.506 e. The molecule has 0 spiro atoms. The normalized spacial score (nSPS) is 12.0. The van der Waals surface area contributed by atoms with Gasteiger partial charge in [0.2, 0.25) is 0 Å². The Bertz CT molecular complexity index is 919. The number of thiophene rings is 3. The highest BCUT2D eigenvalue weighted by atomic mass is 32.1. The van der Waals surface area contributed by atoms with E-state index in [1.165, 1.54) is 43.6 Å². The van der Waals surface area contributed by atoms with Crippen LogP contribution in [0.3, 0.4) is 0 Å². The molecule has 25 heavy (non-hydrogen) atoms. The monoisotopic (exact) mass is 388 g/mol. The Hall–Kier alpha value is -1.69. The smallest absolute Gasteiger partial charge is 0.156 e. The molecule has 0 fully saturated rings. The zero-order chi connectivity index (χ0) is 18.3. The van der Waals surface area contributed by atoms with E-state index in [1.807, 2.05) is 6.07 Å². The second kappa shape index (κ2) is 6.90. The first-order valence-electron chi connectivity index (χ1n) is 7.96. The molecule has 0 aliphatic rings. The fraction of sp³-hybridized carbons (Fsp3) is 0.250. The first-order valence-corrected chi connectivity index (χ1v) is 10.4. The number of carbonyl (C=O) groups is 1. The van der Waals surface area contributed by atoms with E-state index in [0.29, 0.717) is 0 Å². The lowest BCUT2D eigenvalue weighted by Crippen LogP contribution is -1.85. The largest absolute Gasteiger partial charge is 0.506 e. The van der Waals surface area contributed by atoms with Crippen LogP contribution in [0.25, 0.3) is 27.3 Å². The highest BCUT2D eigenvalue weighted by molar-refractivity contribution is 7.18. The quantitative estimate of drug-likeness (QED) is 0.389. The summed E-state index contributed by atoms with van der Waals surface area (Å²) in [7, 11) is 0. The Labute approximate surface area is 160 Å². The number of carbonyl (C=O) groups excluding carboxylic acids is 1. The third-order valence-corrected chi connectivity index (χ3v) is 7.06. The average Bonchev–Trinajstić information content (AvgIpc) is 3.15. The average molecular weight is 389 g/mol. The van der Waals surface area contributed by atoms with Crippen molar-refractivity contribution < 1.29 is 9.90 Å². The third-order valence-electron chi connectivity index (χ3n) is 3.94. The van der Waals surface area contributed by atoms with E-state index in [9.17, 15) is 9.90 Å². The van der Waals surface area contributed by atoms with Gasteiger partial charge < -0.3 is 5.11 Å². The molecule has 0 bridgehead atoms.